The zero-order chi connectivity index (χ0) is 11.9. The van der Waals surface area contributed by atoms with E-state index < -0.39 is 0 Å². The van der Waals surface area contributed by atoms with Gasteiger partial charge < -0.3 is 10.1 Å². The van der Waals surface area contributed by atoms with Crippen molar-refractivity contribution in [3.05, 3.63) is 17.5 Å². The van der Waals surface area contributed by atoms with Gasteiger partial charge >= 0.3 is 0 Å². The van der Waals surface area contributed by atoms with Crippen LogP contribution >= 0.6 is 24.0 Å². The Morgan fingerprint density at radius 1 is 1.50 bits per heavy atom. The Bertz CT molecular complexity index is 346. The largest absolute Gasteiger partial charge is 0.478 e. The summed E-state index contributed by atoms with van der Waals surface area (Å²) < 4.78 is 5.52. The maximum Gasteiger partial charge on any atom is 0.225 e. The molecule has 1 atom stereocenters. The van der Waals surface area contributed by atoms with Crippen LogP contribution in [0.5, 0.6) is 5.88 Å². The van der Waals surface area contributed by atoms with Crippen molar-refractivity contribution in [2.24, 2.45) is 5.92 Å². The average Bonchev–Trinajstić information content (AvgIpc) is 2.36. The predicted molar refractivity (Wildman–Crippen MR) is 74.6 cm³/mol. The number of hydrogen-bond donors (Lipinski definition) is 1. The van der Waals surface area contributed by atoms with Crippen LogP contribution in [0.15, 0.2) is 12.3 Å². The molecule has 18 heavy (non-hydrogen) atoms. The van der Waals surface area contributed by atoms with E-state index in [1.807, 2.05) is 0 Å². The highest BCUT2D eigenvalue weighted by atomic mass is 35.5. The van der Waals surface area contributed by atoms with Gasteiger partial charge in [0.25, 0.3) is 0 Å². The molecule has 1 unspecified atom stereocenters. The third kappa shape index (κ3) is 5.38. The van der Waals surface area contributed by atoms with Crippen molar-refractivity contribution >= 4 is 24.0 Å². The van der Waals surface area contributed by atoms with Gasteiger partial charge in [0.1, 0.15) is 0 Å². The van der Waals surface area contributed by atoms with Crippen LogP contribution in [0.3, 0.4) is 0 Å². The van der Waals surface area contributed by atoms with E-state index in [0.29, 0.717) is 12.5 Å². The summed E-state index contributed by atoms with van der Waals surface area (Å²) in [5.41, 5.74) is 0. The van der Waals surface area contributed by atoms with E-state index in [0.717, 1.165) is 18.9 Å². The van der Waals surface area contributed by atoms with E-state index in [1.54, 1.807) is 12.3 Å². The molecule has 1 N–H and O–H groups in total. The second-order valence-electron chi connectivity index (χ2n) is 4.37. The number of halogens is 2. The number of ether oxygens (including phenoxy) is 1. The highest BCUT2D eigenvalue weighted by Crippen LogP contribution is 2.16. The van der Waals surface area contributed by atoms with Crippen LogP contribution in [0.4, 0.5) is 0 Å². The lowest BCUT2D eigenvalue weighted by Gasteiger charge is -2.22. The summed E-state index contributed by atoms with van der Waals surface area (Å²) in [5, 5.41) is 3.66. The van der Waals surface area contributed by atoms with Gasteiger partial charge in [-0.15, -0.1) is 12.4 Å². The summed E-state index contributed by atoms with van der Waals surface area (Å²) in [6.45, 7) is 3.02. The molecule has 6 heteroatoms. The molecule has 0 amide bonds. The average molecular weight is 292 g/mol. The monoisotopic (exact) mass is 291 g/mol. The molecule has 0 aromatic carbocycles. The molecule has 1 aliphatic heterocycles. The first-order valence-corrected chi connectivity index (χ1v) is 6.54. The van der Waals surface area contributed by atoms with Crippen LogP contribution in [-0.4, -0.2) is 29.7 Å². The van der Waals surface area contributed by atoms with Crippen molar-refractivity contribution in [2.45, 2.75) is 25.7 Å². The Kier molecular flexibility index (Phi) is 7.32. The van der Waals surface area contributed by atoms with Gasteiger partial charge in [-0.2, -0.15) is 4.98 Å². The van der Waals surface area contributed by atoms with Gasteiger partial charge in [-0.3, -0.25) is 0 Å². The minimum Gasteiger partial charge on any atom is -0.478 e. The molecule has 1 aliphatic rings. The van der Waals surface area contributed by atoms with E-state index in [4.69, 9.17) is 16.3 Å². The third-order valence-corrected chi connectivity index (χ3v) is 3.19. The van der Waals surface area contributed by atoms with Gasteiger partial charge in [-0.05, 0) is 56.3 Å². The van der Waals surface area contributed by atoms with Gasteiger partial charge in [0.05, 0.1) is 6.61 Å². The molecular weight excluding hydrogens is 273 g/mol. The smallest absolute Gasteiger partial charge is 0.225 e. The van der Waals surface area contributed by atoms with Crippen LogP contribution in [0, 0.1) is 5.92 Å². The summed E-state index contributed by atoms with van der Waals surface area (Å²) in [5.74, 6) is 1.37. The Labute approximate surface area is 119 Å². The van der Waals surface area contributed by atoms with Crippen LogP contribution in [-0.2, 0) is 0 Å². The second kappa shape index (κ2) is 8.51. The van der Waals surface area contributed by atoms with Crippen LogP contribution < -0.4 is 10.1 Å². The van der Waals surface area contributed by atoms with Crippen molar-refractivity contribution in [3.8, 4) is 5.88 Å². The highest BCUT2D eigenvalue weighted by Gasteiger charge is 2.12. The fraction of sp³-hybridized carbons (Fsp3) is 0.667. The Morgan fingerprint density at radius 2 is 2.39 bits per heavy atom. The number of piperidine rings is 1. The van der Waals surface area contributed by atoms with Crippen molar-refractivity contribution in [1.82, 2.24) is 15.3 Å². The zero-order valence-electron chi connectivity index (χ0n) is 10.3. The van der Waals surface area contributed by atoms with E-state index in [2.05, 4.69) is 15.3 Å². The number of rotatable bonds is 5. The van der Waals surface area contributed by atoms with E-state index in [9.17, 15) is 0 Å². The molecule has 1 aromatic rings. The van der Waals surface area contributed by atoms with Gasteiger partial charge in [0.15, 0.2) is 0 Å². The normalized spacial score (nSPS) is 19.1. The number of nitrogens with one attached hydrogen (secondary N) is 1. The first-order chi connectivity index (χ1) is 8.34. The van der Waals surface area contributed by atoms with Crippen molar-refractivity contribution in [1.29, 1.82) is 0 Å². The molecule has 1 saturated heterocycles. The Hall–Kier alpha value is -0.580. The maximum absolute atomic E-state index is 5.67. The van der Waals surface area contributed by atoms with E-state index >= 15 is 0 Å². The first-order valence-electron chi connectivity index (χ1n) is 6.16. The maximum atomic E-state index is 5.67. The quantitative estimate of drug-likeness (QED) is 0.669. The molecular formula is C12H19Cl2N3O. The number of hydrogen-bond acceptors (Lipinski definition) is 4. The highest BCUT2D eigenvalue weighted by molar-refractivity contribution is 6.28. The molecule has 0 saturated carbocycles. The Balaban J connectivity index is 0.00000162. The van der Waals surface area contributed by atoms with Crippen LogP contribution in [0.1, 0.15) is 25.7 Å². The molecule has 1 aromatic heterocycles. The molecule has 0 aliphatic carbocycles. The molecule has 2 rings (SSSR count). The molecule has 4 nitrogen and oxygen atoms in total. The number of aromatic nitrogens is 2. The second-order valence-corrected chi connectivity index (χ2v) is 4.71. The lowest BCUT2D eigenvalue weighted by atomic mass is 9.95. The minimum atomic E-state index is 0. The lowest BCUT2D eigenvalue weighted by molar-refractivity contribution is 0.268. The summed E-state index contributed by atoms with van der Waals surface area (Å²) >= 11 is 5.67. The molecule has 102 valence electrons. The number of nitrogens with zero attached hydrogens (tertiary/aromatic N) is 2. The van der Waals surface area contributed by atoms with Gasteiger partial charge in [-0.25, -0.2) is 4.98 Å². The van der Waals surface area contributed by atoms with Crippen molar-refractivity contribution in [3.63, 3.8) is 0 Å². The summed E-state index contributed by atoms with van der Waals surface area (Å²) in [4.78, 5) is 7.78. The van der Waals surface area contributed by atoms with E-state index in [1.165, 1.54) is 25.8 Å². The Morgan fingerprint density at radius 3 is 3.11 bits per heavy atom. The predicted octanol–water partition coefficient (Wildman–Crippen LogP) is 2.71. The molecule has 0 radical (unpaired) electrons. The first kappa shape index (κ1) is 15.5. The van der Waals surface area contributed by atoms with Gasteiger partial charge in [0.2, 0.25) is 11.2 Å². The SMILES string of the molecule is Cl.Clc1nccc(OCCCC2CCCNC2)n1. The molecule has 2 heterocycles. The third-order valence-electron chi connectivity index (χ3n) is 3.01. The van der Waals surface area contributed by atoms with Crippen LogP contribution in [0.25, 0.3) is 0 Å². The lowest BCUT2D eigenvalue weighted by Crippen LogP contribution is -2.29. The van der Waals surface area contributed by atoms with Crippen molar-refractivity contribution in [2.75, 3.05) is 19.7 Å². The summed E-state index contributed by atoms with van der Waals surface area (Å²) in [6.07, 6.45) is 6.52. The summed E-state index contributed by atoms with van der Waals surface area (Å²) in [7, 11) is 0. The fourth-order valence-corrected chi connectivity index (χ4v) is 2.26. The molecule has 0 bridgehead atoms. The van der Waals surface area contributed by atoms with Crippen molar-refractivity contribution < 1.29 is 4.74 Å². The topological polar surface area (TPSA) is 47.0 Å². The zero-order valence-corrected chi connectivity index (χ0v) is 11.8. The van der Waals surface area contributed by atoms with Crippen LogP contribution in [0.2, 0.25) is 5.28 Å². The van der Waals surface area contributed by atoms with Gasteiger partial charge in [0, 0.05) is 12.3 Å². The standard InChI is InChI=1S/C12H18ClN3O.ClH/c13-12-15-7-5-11(16-12)17-8-2-4-10-3-1-6-14-9-10;/h5,7,10,14H,1-4,6,8-9H2;1H. The van der Waals surface area contributed by atoms with E-state index in [-0.39, 0.29) is 17.7 Å². The molecule has 0 spiro atoms. The molecule has 1 fully saturated rings. The minimum absolute atomic E-state index is 0. The fourth-order valence-electron chi connectivity index (χ4n) is 2.12. The van der Waals surface area contributed by atoms with Gasteiger partial charge in [-0.1, -0.05) is 0 Å². The summed E-state index contributed by atoms with van der Waals surface area (Å²) in [6, 6.07) is 1.73.